The van der Waals surface area contributed by atoms with Crippen LogP contribution in [0.5, 0.6) is 5.75 Å². The Hall–Kier alpha value is -3.58. The summed E-state index contributed by atoms with van der Waals surface area (Å²) in [4.78, 5) is 16.5. The van der Waals surface area contributed by atoms with Gasteiger partial charge >= 0.3 is 0 Å². The molecule has 0 saturated heterocycles. The number of nitrogens with zero attached hydrogens (tertiary/aromatic N) is 2. The lowest BCUT2D eigenvalue weighted by Crippen LogP contribution is -2.17. The molecule has 28 heavy (non-hydrogen) atoms. The molecule has 6 nitrogen and oxygen atoms in total. The van der Waals surface area contributed by atoms with Crippen molar-refractivity contribution in [3.63, 3.8) is 0 Å². The van der Waals surface area contributed by atoms with Gasteiger partial charge in [-0.1, -0.05) is 36.4 Å². The number of nitrogens with two attached hydrogens (primary N) is 1. The molecular formula is C21H18N4O2S. The third-order valence-corrected chi connectivity index (χ3v) is 5.28. The van der Waals surface area contributed by atoms with Crippen LogP contribution in [-0.4, -0.2) is 27.6 Å². The molecule has 0 saturated carbocycles. The summed E-state index contributed by atoms with van der Waals surface area (Å²) in [5.41, 5.74) is 9.85. The Morgan fingerprint density at radius 2 is 1.96 bits per heavy atom. The molecular weight excluding hydrogens is 372 g/mol. The molecule has 4 N–H and O–H groups in total. The predicted octanol–water partition coefficient (Wildman–Crippen LogP) is 3.92. The molecule has 0 spiro atoms. The Labute approximate surface area is 165 Å². The fourth-order valence-electron chi connectivity index (χ4n) is 3.01. The first-order chi connectivity index (χ1) is 13.6. The molecule has 7 heteroatoms. The van der Waals surface area contributed by atoms with Gasteiger partial charge < -0.3 is 16.2 Å². The average Bonchev–Trinajstić information content (AvgIpc) is 3.32. The monoisotopic (exact) mass is 390 g/mol. The molecule has 4 aromatic rings. The quantitative estimate of drug-likeness (QED) is 0.492. The van der Waals surface area contributed by atoms with Gasteiger partial charge in [-0.25, -0.2) is 4.98 Å². The number of hydrogen-bond acceptors (Lipinski definition) is 5. The van der Waals surface area contributed by atoms with Gasteiger partial charge in [-0.2, -0.15) is 0 Å². The zero-order valence-electron chi connectivity index (χ0n) is 15.1. The van der Waals surface area contributed by atoms with Crippen LogP contribution in [0.3, 0.4) is 0 Å². The SMILES string of the molecule is CNC(=O)c1cccc(-n2cc(O)c(-c3nc(-c4ccccc4)cs3)c2N)c1. The Morgan fingerprint density at radius 3 is 2.71 bits per heavy atom. The first-order valence-corrected chi connectivity index (χ1v) is 9.50. The highest BCUT2D eigenvalue weighted by molar-refractivity contribution is 7.13. The maximum Gasteiger partial charge on any atom is 0.251 e. The van der Waals surface area contributed by atoms with E-state index in [1.165, 1.54) is 17.5 Å². The van der Waals surface area contributed by atoms with E-state index in [1.807, 2.05) is 41.8 Å². The molecule has 2 aromatic heterocycles. The number of aromatic hydroxyl groups is 1. The zero-order chi connectivity index (χ0) is 19.7. The number of benzene rings is 2. The van der Waals surface area contributed by atoms with E-state index in [1.54, 1.807) is 29.8 Å². The van der Waals surface area contributed by atoms with Gasteiger partial charge in [0.05, 0.1) is 17.5 Å². The zero-order valence-corrected chi connectivity index (χ0v) is 15.9. The summed E-state index contributed by atoms with van der Waals surface area (Å²) in [5, 5.41) is 15.7. The molecule has 0 aliphatic heterocycles. The normalized spacial score (nSPS) is 10.8. The van der Waals surface area contributed by atoms with E-state index in [4.69, 9.17) is 5.73 Å². The van der Waals surface area contributed by atoms with E-state index in [0.717, 1.165) is 11.3 Å². The van der Waals surface area contributed by atoms with Crippen molar-refractivity contribution in [3.8, 4) is 33.3 Å². The molecule has 0 atom stereocenters. The van der Waals surface area contributed by atoms with E-state index in [2.05, 4.69) is 10.3 Å². The second-order valence-electron chi connectivity index (χ2n) is 6.18. The summed E-state index contributed by atoms with van der Waals surface area (Å²) in [5.74, 6) is 0.210. The Bertz CT molecular complexity index is 1150. The van der Waals surface area contributed by atoms with Crippen molar-refractivity contribution in [1.29, 1.82) is 0 Å². The van der Waals surface area contributed by atoms with Crippen LogP contribution in [0.1, 0.15) is 10.4 Å². The number of hydrogen-bond donors (Lipinski definition) is 3. The highest BCUT2D eigenvalue weighted by Crippen LogP contribution is 2.40. The van der Waals surface area contributed by atoms with Crippen LogP contribution in [0.2, 0.25) is 0 Å². The fraction of sp³-hybridized carbons (Fsp3) is 0.0476. The number of nitrogens with one attached hydrogen (secondary N) is 1. The summed E-state index contributed by atoms with van der Waals surface area (Å²) in [7, 11) is 1.58. The fourth-order valence-corrected chi connectivity index (χ4v) is 3.90. The van der Waals surface area contributed by atoms with Gasteiger partial charge in [0.25, 0.3) is 5.91 Å². The van der Waals surface area contributed by atoms with Crippen molar-refractivity contribution in [1.82, 2.24) is 14.9 Å². The Morgan fingerprint density at radius 1 is 1.18 bits per heavy atom. The number of carbonyl (C=O) groups excluding carboxylic acids is 1. The molecule has 0 radical (unpaired) electrons. The van der Waals surface area contributed by atoms with Crippen LogP contribution in [-0.2, 0) is 0 Å². The van der Waals surface area contributed by atoms with E-state index >= 15 is 0 Å². The minimum atomic E-state index is -0.190. The summed E-state index contributed by atoms with van der Waals surface area (Å²) in [6.07, 6.45) is 1.54. The van der Waals surface area contributed by atoms with Crippen LogP contribution in [0.4, 0.5) is 5.82 Å². The first-order valence-electron chi connectivity index (χ1n) is 8.62. The van der Waals surface area contributed by atoms with Crippen LogP contribution >= 0.6 is 11.3 Å². The maximum absolute atomic E-state index is 11.9. The minimum Gasteiger partial charge on any atom is -0.506 e. The van der Waals surface area contributed by atoms with Crippen molar-refractivity contribution in [2.45, 2.75) is 0 Å². The van der Waals surface area contributed by atoms with Gasteiger partial charge in [0.1, 0.15) is 16.6 Å². The Balaban J connectivity index is 1.75. The molecule has 0 aliphatic rings. The third kappa shape index (κ3) is 3.12. The number of aromatic nitrogens is 2. The maximum atomic E-state index is 11.9. The van der Waals surface area contributed by atoms with E-state index in [9.17, 15) is 9.90 Å². The lowest BCUT2D eigenvalue weighted by molar-refractivity contribution is 0.0963. The average molecular weight is 390 g/mol. The summed E-state index contributed by atoms with van der Waals surface area (Å²) in [6.45, 7) is 0. The number of anilines is 1. The van der Waals surface area contributed by atoms with Gasteiger partial charge in [-0.15, -0.1) is 11.3 Å². The van der Waals surface area contributed by atoms with Gasteiger partial charge in [-0.3, -0.25) is 9.36 Å². The molecule has 4 rings (SSSR count). The largest absolute Gasteiger partial charge is 0.506 e. The smallest absolute Gasteiger partial charge is 0.251 e. The van der Waals surface area contributed by atoms with Crippen molar-refractivity contribution in [2.75, 3.05) is 12.8 Å². The van der Waals surface area contributed by atoms with Gasteiger partial charge in [0.15, 0.2) is 0 Å². The number of nitrogen functional groups attached to an aromatic ring is 1. The van der Waals surface area contributed by atoms with Crippen molar-refractivity contribution < 1.29 is 9.90 Å². The lowest BCUT2D eigenvalue weighted by Gasteiger charge is -2.08. The standard InChI is InChI=1S/C21H18N4O2S/c1-23-20(27)14-8-5-9-15(10-14)25-11-17(26)18(19(25)22)21-24-16(12-28-21)13-6-3-2-4-7-13/h2-12,26H,22H2,1H3,(H,23,27). The molecule has 1 amide bonds. The van der Waals surface area contributed by atoms with Crippen molar-refractivity contribution in [2.24, 2.45) is 0 Å². The second kappa shape index (κ2) is 7.21. The van der Waals surface area contributed by atoms with Crippen molar-refractivity contribution in [3.05, 3.63) is 71.7 Å². The Kier molecular flexibility index (Phi) is 4.58. The third-order valence-electron chi connectivity index (χ3n) is 4.42. The van der Waals surface area contributed by atoms with Crippen LogP contribution in [0, 0.1) is 0 Å². The highest BCUT2D eigenvalue weighted by atomic mass is 32.1. The molecule has 2 heterocycles. The van der Waals surface area contributed by atoms with Crippen LogP contribution in [0.15, 0.2) is 66.2 Å². The molecule has 0 unspecified atom stereocenters. The first kappa shape index (κ1) is 17.8. The number of carbonyl (C=O) groups is 1. The molecule has 0 bridgehead atoms. The lowest BCUT2D eigenvalue weighted by atomic mass is 10.2. The molecule has 2 aromatic carbocycles. The number of amides is 1. The van der Waals surface area contributed by atoms with E-state index in [-0.39, 0.29) is 11.7 Å². The molecule has 140 valence electrons. The molecule has 0 fully saturated rings. The van der Waals surface area contributed by atoms with E-state index in [0.29, 0.717) is 27.6 Å². The van der Waals surface area contributed by atoms with Crippen LogP contribution in [0.25, 0.3) is 27.5 Å². The van der Waals surface area contributed by atoms with Gasteiger partial charge in [0.2, 0.25) is 0 Å². The van der Waals surface area contributed by atoms with Gasteiger partial charge in [-0.05, 0) is 18.2 Å². The molecule has 0 aliphatic carbocycles. The minimum absolute atomic E-state index is 0.0387. The summed E-state index contributed by atoms with van der Waals surface area (Å²) in [6, 6.07) is 16.9. The second-order valence-corrected chi connectivity index (χ2v) is 7.04. The highest BCUT2D eigenvalue weighted by Gasteiger charge is 2.19. The number of rotatable bonds is 4. The predicted molar refractivity (Wildman–Crippen MR) is 112 cm³/mol. The summed E-state index contributed by atoms with van der Waals surface area (Å²) < 4.78 is 1.65. The summed E-state index contributed by atoms with van der Waals surface area (Å²) >= 11 is 1.42. The van der Waals surface area contributed by atoms with Crippen LogP contribution < -0.4 is 11.1 Å². The number of thiazole rings is 1. The topological polar surface area (TPSA) is 93.2 Å². The van der Waals surface area contributed by atoms with Crippen molar-refractivity contribution >= 4 is 23.1 Å². The van der Waals surface area contributed by atoms with Gasteiger partial charge in [0, 0.05) is 29.2 Å². The van der Waals surface area contributed by atoms with E-state index < -0.39 is 0 Å².